The molecule has 3 rings (SSSR count). The van der Waals surface area contributed by atoms with E-state index in [1.807, 2.05) is 6.07 Å². The zero-order valence-corrected chi connectivity index (χ0v) is 13.9. The number of halogens is 3. The maximum Gasteiger partial charge on any atom is 0.433 e. The van der Waals surface area contributed by atoms with Crippen LogP contribution in [0.5, 0.6) is 0 Å². The molecule has 1 aromatic rings. The second-order valence-corrected chi connectivity index (χ2v) is 6.87. The van der Waals surface area contributed by atoms with Crippen LogP contribution in [-0.2, 0) is 10.9 Å². The Balaban J connectivity index is 1.98. The van der Waals surface area contributed by atoms with Gasteiger partial charge in [-0.2, -0.15) is 18.4 Å². The average Bonchev–Trinajstić information content (AvgIpc) is 3.02. The number of aliphatic hydroxyl groups is 1. The smallest absolute Gasteiger partial charge is 0.390 e. The van der Waals surface area contributed by atoms with E-state index in [4.69, 9.17) is 4.74 Å². The lowest BCUT2D eigenvalue weighted by Gasteiger charge is -2.43. The summed E-state index contributed by atoms with van der Waals surface area (Å²) in [4.78, 5) is 5.48. The van der Waals surface area contributed by atoms with Crippen LogP contribution in [0.3, 0.4) is 0 Å². The molecule has 136 valence electrons. The summed E-state index contributed by atoms with van der Waals surface area (Å²) in [5.41, 5.74) is -1.87. The Morgan fingerprint density at radius 1 is 1.44 bits per heavy atom. The summed E-state index contributed by atoms with van der Waals surface area (Å²) in [5.74, 6) is -0.201. The Morgan fingerprint density at radius 3 is 2.84 bits per heavy atom. The standard InChI is InChI=1S/C17H20F3N3O2/c1-16(24)6-8-25-10-12(16)13-3-2-7-23(13)15-11(9-21)4-5-14(22-15)17(18,19)20/h4-5,12-13,24H,2-3,6-8,10H2,1H3/t12-,13-,16+/m1/s1. The molecule has 8 heteroatoms. The van der Waals surface area contributed by atoms with Crippen molar-refractivity contribution in [2.24, 2.45) is 5.92 Å². The molecule has 0 radical (unpaired) electrons. The molecule has 0 aromatic carbocycles. The molecule has 2 aliphatic heterocycles. The van der Waals surface area contributed by atoms with E-state index >= 15 is 0 Å². The van der Waals surface area contributed by atoms with Crippen molar-refractivity contribution >= 4 is 5.82 Å². The second-order valence-electron chi connectivity index (χ2n) is 6.87. The number of pyridine rings is 1. The predicted molar refractivity (Wildman–Crippen MR) is 83.9 cm³/mol. The molecule has 25 heavy (non-hydrogen) atoms. The van der Waals surface area contributed by atoms with Crippen molar-refractivity contribution in [3.05, 3.63) is 23.4 Å². The SMILES string of the molecule is C[C@]1(O)CCOC[C@@H]1[C@H]1CCCN1c1nc(C(F)(F)F)ccc1C#N. The van der Waals surface area contributed by atoms with Gasteiger partial charge in [-0.25, -0.2) is 4.98 Å². The van der Waals surface area contributed by atoms with Crippen molar-refractivity contribution in [1.29, 1.82) is 5.26 Å². The number of ether oxygens (including phenoxy) is 1. The van der Waals surface area contributed by atoms with Gasteiger partial charge in [0.15, 0.2) is 0 Å². The molecule has 2 aliphatic rings. The van der Waals surface area contributed by atoms with Gasteiger partial charge in [0.05, 0.1) is 17.8 Å². The first-order valence-corrected chi connectivity index (χ1v) is 8.29. The second kappa shape index (κ2) is 6.46. The third-order valence-electron chi connectivity index (χ3n) is 5.17. The van der Waals surface area contributed by atoms with Gasteiger partial charge in [0, 0.05) is 25.1 Å². The maximum absolute atomic E-state index is 13.0. The zero-order chi connectivity index (χ0) is 18.2. The monoisotopic (exact) mass is 355 g/mol. The molecular formula is C17H20F3N3O2. The van der Waals surface area contributed by atoms with E-state index < -0.39 is 17.5 Å². The lowest BCUT2D eigenvalue weighted by atomic mass is 9.79. The summed E-state index contributed by atoms with van der Waals surface area (Å²) < 4.78 is 44.6. The summed E-state index contributed by atoms with van der Waals surface area (Å²) in [6.07, 6.45) is -2.62. The Kier molecular flexibility index (Phi) is 4.64. The van der Waals surface area contributed by atoms with Crippen LogP contribution in [0.15, 0.2) is 12.1 Å². The molecule has 2 fully saturated rings. The lowest BCUT2D eigenvalue weighted by molar-refractivity contribution is -0.141. The van der Waals surface area contributed by atoms with Crippen LogP contribution in [0.1, 0.15) is 37.4 Å². The molecule has 0 bridgehead atoms. The van der Waals surface area contributed by atoms with Crippen molar-refractivity contribution in [1.82, 2.24) is 4.98 Å². The van der Waals surface area contributed by atoms with Crippen molar-refractivity contribution in [2.45, 2.75) is 44.0 Å². The highest BCUT2D eigenvalue weighted by Crippen LogP contribution is 2.39. The first-order chi connectivity index (χ1) is 11.7. The molecule has 0 aliphatic carbocycles. The number of alkyl halides is 3. The number of hydrogen-bond acceptors (Lipinski definition) is 5. The average molecular weight is 355 g/mol. The van der Waals surface area contributed by atoms with Crippen LogP contribution in [0.2, 0.25) is 0 Å². The summed E-state index contributed by atoms with van der Waals surface area (Å²) in [6.45, 7) is 3.04. The fraction of sp³-hybridized carbons (Fsp3) is 0.647. The van der Waals surface area contributed by atoms with Gasteiger partial charge in [0.2, 0.25) is 0 Å². The number of aromatic nitrogens is 1. The van der Waals surface area contributed by atoms with Crippen LogP contribution in [0.4, 0.5) is 19.0 Å². The Labute approximate surface area is 144 Å². The molecule has 0 unspecified atom stereocenters. The van der Waals surface area contributed by atoms with E-state index in [1.54, 1.807) is 11.8 Å². The van der Waals surface area contributed by atoms with Crippen molar-refractivity contribution < 1.29 is 23.0 Å². The quantitative estimate of drug-likeness (QED) is 0.883. The van der Waals surface area contributed by atoms with E-state index in [9.17, 15) is 23.5 Å². The largest absolute Gasteiger partial charge is 0.433 e. The van der Waals surface area contributed by atoms with Gasteiger partial charge in [-0.15, -0.1) is 0 Å². The molecule has 3 heterocycles. The van der Waals surface area contributed by atoms with Crippen LogP contribution < -0.4 is 4.90 Å². The number of nitrogens with zero attached hydrogens (tertiary/aromatic N) is 3. The fourth-order valence-electron chi connectivity index (χ4n) is 3.77. The first-order valence-electron chi connectivity index (χ1n) is 8.29. The minimum atomic E-state index is -4.57. The van der Waals surface area contributed by atoms with E-state index in [0.29, 0.717) is 32.6 Å². The van der Waals surface area contributed by atoms with Crippen molar-refractivity contribution in [2.75, 3.05) is 24.7 Å². The summed E-state index contributed by atoms with van der Waals surface area (Å²) in [6, 6.07) is 3.71. The molecule has 1 N–H and O–H groups in total. The third kappa shape index (κ3) is 3.44. The van der Waals surface area contributed by atoms with Crippen LogP contribution in [0, 0.1) is 17.2 Å². The van der Waals surface area contributed by atoms with Gasteiger partial charge >= 0.3 is 6.18 Å². The van der Waals surface area contributed by atoms with Crippen LogP contribution >= 0.6 is 0 Å². The van der Waals surface area contributed by atoms with Gasteiger partial charge in [0.25, 0.3) is 0 Å². The molecule has 3 atom stereocenters. The minimum absolute atomic E-state index is 0.0428. The number of anilines is 1. The molecule has 0 saturated carbocycles. The minimum Gasteiger partial charge on any atom is -0.390 e. The molecule has 0 amide bonds. The number of rotatable bonds is 2. The molecular weight excluding hydrogens is 335 g/mol. The van der Waals surface area contributed by atoms with E-state index in [-0.39, 0.29) is 23.3 Å². The Hall–Kier alpha value is -1.85. The van der Waals surface area contributed by atoms with Crippen LogP contribution in [0.25, 0.3) is 0 Å². The lowest BCUT2D eigenvalue weighted by Crippen LogP contribution is -2.53. The van der Waals surface area contributed by atoms with Gasteiger partial charge in [-0.05, 0) is 38.3 Å². The zero-order valence-electron chi connectivity index (χ0n) is 13.9. The van der Waals surface area contributed by atoms with E-state index in [2.05, 4.69) is 4.98 Å². The molecule has 1 aromatic heterocycles. The summed E-state index contributed by atoms with van der Waals surface area (Å²) in [7, 11) is 0. The fourth-order valence-corrected chi connectivity index (χ4v) is 3.77. The van der Waals surface area contributed by atoms with E-state index in [0.717, 1.165) is 18.6 Å². The Morgan fingerprint density at radius 2 is 2.20 bits per heavy atom. The Bertz CT molecular complexity index is 685. The van der Waals surface area contributed by atoms with Crippen molar-refractivity contribution in [3.63, 3.8) is 0 Å². The maximum atomic E-state index is 13.0. The topological polar surface area (TPSA) is 69.4 Å². The van der Waals surface area contributed by atoms with E-state index in [1.165, 1.54) is 0 Å². The molecule has 0 spiro atoms. The first kappa shape index (κ1) is 18.0. The normalized spacial score (nSPS) is 30.3. The van der Waals surface area contributed by atoms with Crippen LogP contribution in [-0.4, -0.2) is 41.5 Å². The number of nitriles is 1. The highest BCUT2D eigenvalue weighted by atomic mass is 19.4. The predicted octanol–water partition coefficient (Wildman–Crippen LogP) is 2.73. The third-order valence-corrected chi connectivity index (χ3v) is 5.17. The number of hydrogen-bond donors (Lipinski definition) is 1. The van der Waals surface area contributed by atoms with Crippen molar-refractivity contribution in [3.8, 4) is 6.07 Å². The van der Waals surface area contributed by atoms with Gasteiger partial charge in [0.1, 0.15) is 17.6 Å². The van der Waals surface area contributed by atoms with Gasteiger partial charge in [-0.1, -0.05) is 0 Å². The summed E-state index contributed by atoms with van der Waals surface area (Å²) in [5, 5.41) is 20.0. The highest BCUT2D eigenvalue weighted by Gasteiger charge is 2.45. The van der Waals surface area contributed by atoms with Gasteiger partial charge in [-0.3, -0.25) is 0 Å². The van der Waals surface area contributed by atoms with Gasteiger partial charge < -0.3 is 14.7 Å². The highest BCUT2D eigenvalue weighted by molar-refractivity contribution is 5.56. The molecule has 5 nitrogen and oxygen atoms in total. The molecule has 2 saturated heterocycles. The summed E-state index contributed by atoms with van der Waals surface area (Å²) >= 11 is 0.